The Morgan fingerprint density at radius 2 is 1.79 bits per heavy atom. The number of carbonyl (C=O) groups is 1. The molecule has 0 aliphatic carbocycles. The molecule has 1 heterocycles. The summed E-state index contributed by atoms with van der Waals surface area (Å²) in [6.07, 6.45) is 1.52. The van der Waals surface area contributed by atoms with E-state index in [1.54, 1.807) is 43.0 Å². The molecule has 2 aromatic carbocycles. The van der Waals surface area contributed by atoms with E-state index in [4.69, 9.17) is 24.9 Å². The summed E-state index contributed by atoms with van der Waals surface area (Å²) in [7, 11) is -2.88. The maximum Gasteiger partial charge on any atom is 0.339 e. The molecule has 0 bridgehead atoms. The van der Waals surface area contributed by atoms with Crippen molar-refractivity contribution in [3.05, 3.63) is 78.0 Å². The van der Waals surface area contributed by atoms with E-state index in [-0.39, 0.29) is 41.3 Å². The highest BCUT2D eigenvalue weighted by atomic mass is 35.5. The summed E-state index contributed by atoms with van der Waals surface area (Å²) in [4.78, 5) is 14.6. The summed E-state index contributed by atoms with van der Waals surface area (Å²) >= 11 is 6.02. The Kier molecular flexibility index (Phi) is 7.89. The Morgan fingerprint density at radius 1 is 1.09 bits per heavy atom. The number of methoxy groups -OCH3 is 1. The highest BCUT2D eigenvalue weighted by molar-refractivity contribution is 7.87. The van der Waals surface area contributed by atoms with Gasteiger partial charge in [0.2, 0.25) is 5.91 Å². The van der Waals surface area contributed by atoms with Gasteiger partial charge in [-0.3, -0.25) is 4.79 Å². The number of hydrogen-bond acceptors (Lipinski definition) is 6. The van der Waals surface area contributed by atoms with Crippen LogP contribution in [0.2, 0.25) is 0 Å². The smallest absolute Gasteiger partial charge is 0.339 e. The number of ether oxygens (including phenoxy) is 1. The number of halogens is 2. The van der Waals surface area contributed by atoms with Gasteiger partial charge in [-0.2, -0.15) is 8.42 Å². The Balaban J connectivity index is 1.91. The Hall–Kier alpha value is -3.04. The molecule has 3 aromatic rings. The van der Waals surface area contributed by atoms with Gasteiger partial charge in [-0.1, -0.05) is 6.07 Å². The molecule has 0 radical (unpaired) electrons. The monoisotopic (exact) mass is 509 g/mol. The van der Waals surface area contributed by atoms with Crippen LogP contribution in [0.5, 0.6) is 11.5 Å². The predicted octanol–water partition coefficient (Wildman–Crippen LogP) is 4.99. The summed E-state index contributed by atoms with van der Waals surface area (Å²) in [5.41, 5.74) is -0.235. The minimum absolute atomic E-state index is 0.0636. The van der Waals surface area contributed by atoms with Gasteiger partial charge in [0.25, 0.3) is 0 Å². The number of furan rings is 1. The van der Waals surface area contributed by atoms with Crippen LogP contribution in [0.1, 0.15) is 25.2 Å². The van der Waals surface area contributed by atoms with Gasteiger partial charge in [0.15, 0.2) is 11.5 Å². The first-order valence-corrected chi connectivity index (χ1v) is 12.2. The fourth-order valence-corrected chi connectivity index (χ4v) is 4.19. The van der Waals surface area contributed by atoms with E-state index in [1.165, 1.54) is 19.4 Å². The number of amides is 1. The van der Waals surface area contributed by atoms with Crippen LogP contribution in [-0.2, 0) is 28.0 Å². The Bertz CT molecular complexity index is 1230. The second-order valence-electron chi connectivity index (χ2n) is 8.23. The van der Waals surface area contributed by atoms with Gasteiger partial charge in [-0.15, -0.1) is 11.6 Å². The van der Waals surface area contributed by atoms with Gasteiger partial charge < -0.3 is 18.2 Å². The molecule has 0 unspecified atom stereocenters. The molecule has 0 fully saturated rings. The van der Waals surface area contributed by atoms with E-state index in [0.29, 0.717) is 11.3 Å². The van der Waals surface area contributed by atoms with Crippen LogP contribution in [0, 0.1) is 11.2 Å². The van der Waals surface area contributed by atoms with Crippen molar-refractivity contribution in [1.29, 1.82) is 0 Å². The molecule has 3 rings (SSSR count). The lowest BCUT2D eigenvalue weighted by molar-refractivity contribution is -0.140. The fourth-order valence-electron chi connectivity index (χ4n) is 3.15. The topological polar surface area (TPSA) is 86.0 Å². The zero-order valence-corrected chi connectivity index (χ0v) is 20.5. The molecule has 34 heavy (non-hydrogen) atoms. The molecule has 0 spiro atoms. The summed E-state index contributed by atoms with van der Waals surface area (Å²) in [6, 6.07) is 12.5. The molecule has 10 heteroatoms. The number of hydrogen-bond donors (Lipinski definition) is 0. The number of benzene rings is 2. The van der Waals surface area contributed by atoms with E-state index < -0.39 is 21.4 Å². The molecule has 0 saturated heterocycles. The third kappa shape index (κ3) is 6.09. The fraction of sp³-hybridized carbons (Fsp3) is 0.292. The molecule has 0 N–H and O–H groups in total. The highest BCUT2D eigenvalue weighted by Gasteiger charge is 2.32. The second-order valence-corrected chi connectivity index (χ2v) is 10.0. The highest BCUT2D eigenvalue weighted by Crippen LogP contribution is 2.32. The molecular formula is C24H25ClFNO6S. The molecule has 7 nitrogen and oxygen atoms in total. The zero-order chi connectivity index (χ0) is 24.9. The summed E-state index contributed by atoms with van der Waals surface area (Å²) < 4.78 is 54.6. The van der Waals surface area contributed by atoms with Crippen molar-refractivity contribution >= 4 is 27.6 Å². The maximum absolute atomic E-state index is 13.2. The lowest BCUT2D eigenvalue weighted by Gasteiger charge is -2.30. The van der Waals surface area contributed by atoms with Crippen molar-refractivity contribution in [2.75, 3.05) is 13.0 Å². The first kappa shape index (κ1) is 25.6. The lowest BCUT2D eigenvalue weighted by Crippen LogP contribution is -2.41. The summed E-state index contributed by atoms with van der Waals surface area (Å²) in [5.74, 6) is 0.0529. The van der Waals surface area contributed by atoms with Gasteiger partial charge in [0, 0.05) is 12.4 Å². The molecule has 1 amide bonds. The molecule has 0 aliphatic heterocycles. The van der Waals surface area contributed by atoms with Crippen LogP contribution >= 0.6 is 11.6 Å². The number of rotatable bonds is 10. The third-order valence-electron chi connectivity index (χ3n) is 5.03. The van der Waals surface area contributed by atoms with Gasteiger partial charge in [-0.25, -0.2) is 4.39 Å². The zero-order valence-electron chi connectivity index (χ0n) is 19.0. The van der Waals surface area contributed by atoms with E-state index >= 15 is 0 Å². The quantitative estimate of drug-likeness (QED) is 0.283. The van der Waals surface area contributed by atoms with Crippen LogP contribution in [0.15, 0.2) is 70.2 Å². The van der Waals surface area contributed by atoms with Crippen molar-refractivity contribution in [3.8, 4) is 11.5 Å². The molecule has 1 aromatic heterocycles. The Morgan fingerprint density at radius 3 is 2.38 bits per heavy atom. The van der Waals surface area contributed by atoms with Crippen LogP contribution < -0.4 is 8.92 Å². The van der Waals surface area contributed by atoms with Crippen molar-refractivity contribution in [3.63, 3.8) is 0 Å². The van der Waals surface area contributed by atoms with Crippen molar-refractivity contribution in [1.82, 2.24) is 4.90 Å². The summed E-state index contributed by atoms with van der Waals surface area (Å²) in [5, 5.41) is 0. The number of nitrogens with zero attached hydrogens (tertiary/aromatic N) is 1. The first-order valence-electron chi connectivity index (χ1n) is 10.3. The van der Waals surface area contributed by atoms with Crippen molar-refractivity contribution < 1.29 is 30.9 Å². The predicted molar refractivity (Wildman–Crippen MR) is 125 cm³/mol. The normalized spacial score (nSPS) is 11.8. The van der Waals surface area contributed by atoms with Crippen molar-refractivity contribution in [2.45, 2.75) is 31.8 Å². The Labute approximate surface area is 203 Å². The standard InChI is InChI=1S/C24H25ClFNO6S/c1-24(2,16-25)23(28)27(15-19-5-4-12-32-19)14-17-6-11-21(31-3)22(13-17)33-34(29,30)20-9-7-18(26)8-10-20/h4-13H,14-16H2,1-3H3. The van der Waals surface area contributed by atoms with Gasteiger partial charge >= 0.3 is 10.1 Å². The average molecular weight is 510 g/mol. The minimum atomic E-state index is -4.25. The van der Waals surface area contributed by atoms with Crippen LogP contribution in [-0.4, -0.2) is 32.2 Å². The van der Waals surface area contributed by atoms with Crippen LogP contribution in [0.3, 0.4) is 0 Å². The van der Waals surface area contributed by atoms with E-state index in [1.807, 2.05) is 0 Å². The second kappa shape index (κ2) is 10.5. The lowest BCUT2D eigenvalue weighted by atomic mass is 9.94. The maximum atomic E-state index is 13.2. The van der Waals surface area contributed by atoms with Crippen LogP contribution in [0.25, 0.3) is 0 Å². The minimum Gasteiger partial charge on any atom is -0.493 e. The van der Waals surface area contributed by atoms with Gasteiger partial charge in [-0.05, 0) is 67.9 Å². The molecule has 0 atom stereocenters. The van der Waals surface area contributed by atoms with Gasteiger partial charge in [0.1, 0.15) is 16.5 Å². The molecule has 182 valence electrons. The average Bonchev–Trinajstić information content (AvgIpc) is 3.31. The van der Waals surface area contributed by atoms with E-state index in [0.717, 1.165) is 24.3 Å². The van der Waals surface area contributed by atoms with Crippen molar-refractivity contribution in [2.24, 2.45) is 5.41 Å². The van der Waals surface area contributed by atoms with E-state index in [2.05, 4.69) is 0 Å². The first-order chi connectivity index (χ1) is 16.1. The molecule has 0 aliphatic rings. The number of alkyl halides is 1. The third-order valence-corrected chi connectivity index (χ3v) is 6.95. The van der Waals surface area contributed by atoms with E-state index in [9.17, 15) is 17.6 Å². The summed E-state index contributed by atoms with van der Waals surface area (Å²) in [6.45, 7) is 3.82. The number of carbonyl (C=O) groups excluding carboxylic acids is 1. The van der Waals surface area contributed by atoms with Crippen LogP contribution in [0.4, 0.5) is 4.39 Å². The van der Waals surface area contributed by atoms with Gasteiger partial charge in [0.05, 0.1) is 25.3 Å². The molecular weight excluding hydrogens is 485 g/mol. The largest absolute Gasteiger partial charge is 0.493 e. The SMILES string of the molecule is COc1ccc(CN(Cc2ccco2)C(=O)C(C)(C)CCl)cc1OS(=O)(=O)c1ccc(F)cc1. The molecule has 0 saturated carbocycles.